The molecule has 7 heteroatoms. The van der Waals surface area contributed by atoms with Crippen molar-refractivity contribution in [3.05, 3.63) is 59.7 Å². The molecule has 1 aliphatic rings. The van der Waals surface area contributed by atoms with Gasteiger partial charge in [0.25, 0.3) is 10.0 Å². The van der Waals surface area contributed by atoms with Gasteiger partial charge < -0.3 is 22.4 Å². The molecule has 2 aromatic carbocycles. The molecule has 3 rings (SSSR count). The highest BCUT2D eigenvalue weighted by Gasteiger charge is 2.28. The maximum absolute atomic E-state index is 13.3. The Morgan fingerprint density at radius 2 is 1.46 bits per heavy atom. The Morgan fingerprint density at radius 3 is 2.00 bits per heavy atom. The van der Waals surface area contributed by atoms with Crippen molar-refractivity contribution < 1.29 is 25.9 Å². The van der Waals surface area contributed by atoms with Crippen molar-refractivity contribution in [2.24, 2.45) is 0 Å². The van der Waals surface area contributed by atoms with Crippen LogP contribution in [0.25, 0.3) is 0 Å². The summed E-state index contributed by atoms with van der Waals surface area (Å²) in [5, 5.41) is 10.6. The van der Waals surface area contributed by atoms with E-state index in [9.17, 15) is 13.5 Å². The van der Waals surface area contributed by atoms with E-state index in [4.69, 9.17) is 0 Å². The predicted octanol–water partition coefficient (Wildman–Crippen LogP) is -0.0406. The van der Waals surface area contributed by atoms with Gasteiger partial charge in [-0.15, -0.1) is 0 Å². The number of sulfonamides is 1. The minimum absolute atomic E-state index is 0. The van der Waals surface area contributed by atoms with Crippen LogP contribution >= 0.6 is 0 Å². The summed E-state index contributed by atoms with van der Waals surface area (Å²) in [6.45, 7) is 6.35. The van der Waals surface area contributed by atoms with E-state index in [2.05, 4.69) is 4.90 Å². The number of benzene rings is 2. The van der Waals surface area contributed by atoms with E-state index >= 15 is 0 Å². The maximum Gasteiger partial charge on any atom is 0.264 e. The summed E-state index contributed by atoms with van der Waals surface area (Å²) >= 11 is 0. The van der Waals surface area contributed by atoms with Gasteiger partial charge in [0.1, 0.15) is 0 Å². The second kappa shape index (κ2) is 9.74. The Labute approximate surface area is 174 Å². The highest BCUT2D eigenvalue weighted by atomic mass is 35.5. The Kier molecular flexibility index (Phi) is 7.89. The van der Waals surface area contributed by atoms with Gasteiger partial charge in [-0.25, -0.2) is 8.42 Å². The minimum atomic E-state index is -3.76. The molecule has 1 atom stereocenters. The van der Waals surface area contributed by atoms with Crippen LogP contribution in [0.1, 0.15) is 24.0 Å². The molecule has 1 heterocycles. The summed E-state index contributed by atoms with van der Waals surface area (Å²) in [7, 11) is -3.76. The van der Waals surface area contributed by atoms with Crippen LogP contribution in [0, 0.1) is 13.8 Å². The summed E-state index contributed by atoms with van der Waals surface area (Å²) in [5.41, 5.74) is 2.63. The zero-order chi connectivity index (χ0) is 19.4. The molecule has 0 saturated carbocycles. The van der Waals surface area contributed by atoms with Crippen LogP contribution in [0.15, 0.2) is 53.4 Å². The van der Waals surface area contributed by atoms with Gasteiger partial charge >= 0.3 is 0 Å². The number of rotatable bonds is 7. The third-order valence-corrected chi connectivity index (χ3v) is 6.78. The van der Waals surface area contributed by atoms with Gasteiger partial charge in [-0.2, -0.15) is 0 Å². The second-order valence-corrected chi connectivity index (χ2v) is 9.21. The number of aryl methyl sites for hydroxylation is 2. The van der Waals surface area contributed by atoms with Crippen LogP contribution in [-0.4, -0.2) is 50.7 Å². The van der Waals surface area contributed by atoms with Crippen molar-refractivity contribution in [2.45, 2.75) is 37.7 Å². The van der Waals surface area contributed by atoms with E-state index in [-0.39, 0.29) is 23.8 Å². The van der Waals surface area contributed by atoms with Gasteiger partial charge in [-0.05, 0) is 64.0 Å². The molecule has 0 spiro atoms. The lowest BCUT2D eigenvalue weighted by atomic mass is 10.2. The normalized spacial score (nSPS) is 15.8. The number of halogens is 1. The molecule has 0 radical (unpaired) electrons. The molecule has 1 saturated heterocycles. The third-order valence-electron chi connectivity index (χ3n) is 4.98. The average Bonchev–Trinajstić information content (AvgIpc) is 3.14. The number of aliphatic hydroxyl groups is 1. The topological polar surface area (TPSA) is 60.9 Å². The minimum Gasteiger partial charge on any atom is -1.00 e. The lowest BCUT2D eigenvalue weighted by Crippen LogP contribution is -3.00. The van der Waals surface area contributed by atoms with Crippen molar-refractivity contribution in [3.8, 4) is 0 Å². The van der Waals surface area contributed by atoms with Crippen LogP contribution in [0.4, 0.5) is 5.69 Å². The molecule has 5 nitrogen and oxygen atoms in total. The summed E-state index contributed by atoms with van der Waals surface area (Å²) in [4.78, 5) is 2.43. The molecule has 1 unspecified atom stereocenters. The lowest BCUT2D eigenvalue weighted by molar-refractivity contribution is -0.0000100. The molecule has 0 aromatic heterocycles. The SMILES string of the molecule is Cc1ccc(N(CC(O)CN2CCCC2)S(=O)(=O)c2ccc(C)cc2)cc1.[Cl-]. The molecule has 154 valence electrons. The number of nitrogens with zero attached hydrogens (tertiary/aromatic N) is 2. The van der Waals surface area contributed by atoms with E-state index in [0.29, 0.717) is 12.2 Å². The first-order valence-electron chi connectivity index (χ1n) is 9.43. The average molecular weight is 424 g/mol. The number of β-amino-alcohol motifs (C(OH)–C–C–N with tert-alkyl or cyclic N) is 1. The number of aliphatic hydroxyl groups excluding tert-OH is 1. The first-order valence-corrected chi connectivity index (χ1v) is 10.9. The van der Waals surface area contributed by atoms with Gasteiger partial charge in [0, 0.05) is 6.54 Å². The van der Waals surface area contributed by atoms with Gasteiger partial charge in [-0.1, -0.05) is 35.4 Å². The van der Waals surface area contributed by atoms with E-state index < -0.39 is 16.1 Å². The first-order chi connectivity index (χ1) is 12.9. The summed E-state index contributed by atoms with van der Waals surface area (Å²) < 4.78 is 27.9. The van der Waals surface area contributed by atoms with Gasteiger partial charge in [0.2, 0.25) is 0 Å². The van der Waals surface area contributed by atoms with Crippen molar-refractivity contribution >= 4 is 15.7 Å². The number of hydrogen-bond acceptors (Lipinski definition) is 4. The molecule has 0 amide bonds. The fourth-order valence-electron chi connectivity index (χ4n) is 3.40. The molecule has 1 fully saturated rings. The monoisotopic (exact) mass is 423 g/mol. The van der Waals surface area contributed by atoms with E-state index in [1.165, 1.54) is 4.31 Å². The smallest absolute Gasteiger partial charge is 0.264 e. The zero-order valence-corrected chi connectivity index (χ0v) is 18.0. The summed E-state index contributed by atoms with van der Waals surface area (Å²) in [6, 6.07) is 14.2. The molecule has 0 bridgehead atoms. The quantitative estimate of drug-likeness (QED) is 0.679. The number of likely N-dealkylation sites (tertiary alicyclic amines) is 1. The van der Waals surface area contributed by atoms with Gasteiger partial charge in [-0.3, -0.25) is 4.31 Å². The zero-order valence-electron chi connectivity index (χ0n) is 16.4. The van der Waals surface area contributed by atoms with Crippen molar-refractivity contribution in [1.82, 2.24) is 4.90 Å². The number of anilines is 1. The maximum atomic E-state index is 13.3. The molecular formula is C21H28ClN2O3S-. The highest BCUT2D eigenvalue weighted by Crippen LogP contribution is 2.25. The fourth-order valence-corrected chi connectivity index (χ4v) is 4.91. The van der Waals surface area contributed by atoms with Gasteiger partial charge in [0.15, 0.2) is 0 Å². The number of hydrogen-bond donors (Lipinski definition) is 1. The first kappa shape index (κ1) is 22.7. The standard InChI is InChI=1S/C21H28N2O3S.ClH/c1-17-5-9-19(10-6-17)23(16-20(24)15-22-13-3-4-14-22)27(25,26)21-11-7-18(2)8-12-21;/h5-12,20,24H,3-4,13-16H2,1-2H3;1H/p-1. The van der Waals surface area contributed by atoms with Crippen molar-refractivity contribution in [1.29, 1.82) is 0 Å². The largest absolute Gasteiger partial charge is 1.00 e. The third kappa shape index (κ3) is 5.47. The molecule has 1 N–H and O–H groups in total. The Bertz CT molecular complexity index is 848. The van der Waals surface area contributed by atoms with Crippen LogP contribution in [0.2, 0.25) is 0 Å². The fraction of sp³-hybridized carbons (Fsp3) is 0.429. The molecule has 28 heavy (non-hydrogen) atoms. The van der Waals surface area contributed by atoms with Crippen LogP contribution in [0.3, 0.4) is 0 Å². The Morgan fingerprint density at radius 1 is 0.964 bits per heavy atom. The predicted molar refractivity (Wildman–Crippen MR) is 109 cm³/mol. The van der Waals surface area contributed by atoms with Crippen molar-refractivity contribution in [3.63, 3.8) is 0 Å². The van der Waals surface area contributed by atoms with E-state index in [0.717, 1.165) is 37.1 Å². The van der Waals surface area contributed by atoms with Crippen LogP contribution in [-0.2, 0) is 10.0 Å². The molecule has 2 aromatic rings. The van der Waals surface area contributed by atoms with Crippen LogP contribution < -0.4 is 16.7 Å². The lowest BCUT2D eigenvalue weighted by Gasteiger charge is -2.28. The molecular weight excluding hydrogens is 396 g/mol. The summed E-state index contributed by atoms with van der Waals surface area (Å²) in [6.07, 6.45) is 1.52. The Hall–Kier alpha value is -1.60. The Balaban J connectivity index is 0.00000280. The molecule has 1 aliphatic heterocycles. The van der Waals surface area contributed by atoms with Gasteiger partial charge in [0.05, 0.1) is 23.2 Å². The van der Waals surface area contributed by atoms with E-state index in [1.54, 1.807) is 36.4 Å². The van der Waals surface area contributed by atoms with Crippen LogP contribution in [0.5, 0.6) is 0 Å². The second-order valence-electron chi connectivity index (χ2n) is 7.35. The van der Waals surface area contributed by atoms with Crippen molar-refractivity contribution in [2.75, 3.05) is 30.5 Å². The highest BCUT2D eigenvalue weighted by molar-refractivity contribution is 7.92. The molecule has 0 aliphatic carbocycles. The summed E-state index contributed by atoms with van der Waals surface area (Å²) in [5.74, 6) is 0. The van der Waals surface area contributed by atoms with E-state index in [1.807, 2.05) is 26.0 Å².